The van der Waals surface area contributed by atoms with Gasteiger partial charge in [0.05, 0.1) is 10.6 Å². The highest BCUT2D eigenvalue weighted by molar-refractivity contribution is 8.18. The number of ether oxygens (including phenoxy) is 1. The smallest absolute Gasteiger partial charge is 0.264 e. The molecule has 1 amide bonds. The number of amides is 1. The molecule has 0 spiro atoms. The summed E-state index contributed by atoms with van der Waals surface area (Å²) in [4.78, 5) is 17.6. The van der Waals surface area contributed by atoms with E-state index in [0.29, 0.717) is 28.1 Å². The maximum absolute atomic E-state index is 13.2. The molecule has 0 atom stereocenters. The lowest BCUT2D eigenvalue weighted by Crippen LogP contribution is -2.19. The van der Waals surface area contributed by atoms with Gasteiger partial charge in [-0.2, -0.15) is 0 Å². The van der Waals surface area contributed by atoms with Crippen molar-refractivity contribution in [2.45, 2.75) is 13.5 Å². The molecular formula is C28H21FN2O2S. The lowest BCUT2D eigenvalue weighted by Gasteiger charge is -2.13. The van der Waals surface area contributed by atoms with Crippen LogP contribution in [-0.2, 0) is 11.4 Å². The number of nitrogens with zero attached hydrogens (tertiary/aromatic N) is 1. The summed E-state index contributed by atoms with van der Waals surface area (Å²) in [6.07, 6.45) is 1.85. The zero-order valence-electron chi connectivity index (χ0n) is 18.4. The minimum Gasteiger partial charge on any atom is -0.488 e. The number of aryl methyl sites for hydroxylation is 1. The van der Waals surface area contributed by atoms with Crippen LogP contribution in [0.4, 0.5) is 10.1 Å². The van der Waals surface area contributed by atoms with E-state index in [1.807, 2.05) is 54.6 Å². The average molecular weight is 469 g/mol. The van der Waals surface area contributed by atoms with E-state index in [1.165, 1.54) is 29.5 Å². The Hall–Kier alpha value is -3.90. The van der Waals surface area contributed by atoms with Crippen molar-refractivity contribution in [2.75, 3.05) is 0 Å². The van der Waals surface area contributed by atoms with Crippen LogP contribution in [-0.4, -0.2) is 11.1 Å². The highest BCUT2D eigenvalue weighted by atomic mass is 32.2. The van der Waals surface area contributed by atoms with Gasteiger partial charge in [0.2, 0.25) is 0 Å². The van der Waals surface area contributed by atoms with Crippen molar-refractivity contribution in [1.82, 2.24) is 5.32 Å². The monoisotopic (exact) mass is 468 g/mol. The fourth-order valence-corrected chi connectivity index (χ4v) is 4.46. The third kappa shape index (κ3) is 4.87. The molecule has 0 aliphatic carbocycles. The van der Waals surface area contributed by atoms with E-state index in [9.17, 15) is 9.18 Å². The van der Waals surface area contributed by atoms with Gasteiger partial charge in [0.25, 0.3) is 5.91 Å². The van der Waals surface area contributed by atoms with E-state index in [4.69, 9.17) is 4.74 Å². The summed E-state index contributed by atoms with van der Waals surface area (Å²) >= 11 is 1.25. The first kappa shape index (κ1) is 21.9. The molecule has 168 valence electrons. The Kier molecular flexibility index (Phi) is 6.14. The number of amidine groups is 1. The Morgan fingerprint density at radius 3 is 2.53 bits per heavy atom. The fraction of sp³-hybridized carbons (Fsp3) is 0.0714. The standard InChI is InChI=1S/C28H21FN2O2S/c1-18-6-8-19(9-7-18)17-33-25-15-10-20-4-2-3-5-23(20)24(25)16-26-27(32)31-28(34-26)30-22-13-11-21(29)12-14-22/h2-16H,17H2,1H3,(H,30,31,32)/b26-16+. The van der Waals surface area contributed by atoms with E-state index in [2.05, 4.69) is 29.4 Å². The number of fused-ring (bicyclic) bond motifs is 1. The summed E-state index contributed by atoms with van der Waals surface area (Å²) in [5.41, 5.74) is 3.67. The van der Waals surface area contributed by atoms with Crippen LogP contribution in [0.15, 0.2) is 94.8 Å². The second kappa shape index (κ2) is 9.53. The maximum Gasteiger partial charge on any atom is 0.264 e. The molecule has 6 heteroatoms. The third-order valence-corrected chi connectivity index (χ3v) is 6.34. The zero-order valence-corrected chi connectivity index (χ0v) is 19.2. The molecule has 4 nitrogen and oxygen atoms in total. The Balaban J connectivity index is 1.47. The van der Waals surface area contributed by atoms with Crippen LogP contribution in [0.5, 0.6) is 5.75 Å². The van der Waals surface area contributed by atoms with Crippen molar-refractivity contribution in [3.8, 4) is 5.75 Å². The van der Waals surface area contributed by atoms with Crippen molar-refractivity contribution in [1.29, 1.82) is 0 Å². The Morgan fingerprint density at radius 2 is 1.74 bits per heavy atom. The van der Waals surface area contributed by atoms with Crippen molar-refractivity contribution in [3.63, 3.8) is 0 Å². The van der Waals surface area contributed by atoms with Crippen LogP contribution >= 0.6 is 11.8 Å². The summed E-state index contributed by atoms with van der Waals surface area (Å²) in [7, 11) is 0. The van der Waals surface area contributed by atoms with Gasteiger partial charge >= 0.3 is 0 Å². The van der Waals surface area contributed by atoms with Crippen LogP contribution in [0.25, 0.3) is 16.8 Å². The summed E-state index contributed by atoms with van der Waals surface area (Å²) in [6, 6.07) is 26.0. The number of benzene rings is 4. The molecular weight excluding hydrogens is 447 g/mol. The van der Waals surface area contributed by atoms with E-state index in [-0.39, 0.29) is 11.7 Å². The minimum absolute atomic E-state index is 0.233. The average Bonchev–Trinajstić information content (AvgIpc) is 3.19. The van der Waals surface area contributed by atoms with Crippen LogP contribution < -0.4 is 10.1 Å². The summed E-state index contributed by atoms with van der Waals surface area (Å²) in [5, 5.41) is 5.29. The number of hydrogen-bond donors (Lipinski definition) is 1. The van der Waals surface area contributed by atoms with Gasteiger partial charge in [0.15, 0.2) is 5.17 Å². The number of rotatable bonds is 5. The maximum atomic E-state index is 13.2. The molecule has 0 bridgehead atoms. The molecule has 4 aromatic rings. The molecule has 1 N–H and O–H groups in total. The number of thioether (sulfide) groups is 1. The van der Waals surface area contributed by atoms with E-state index < -0.39 is 0 Å². The van der Waals surface area contributed by atoms with Crippen molar-refractivity contribution in [2.24, 2.45) is 4.99 Å². The molecule has 0 radical (unpaired) electrons. The van der Waals surface area contributed by atoms with Crippen LogP contribution in [0.2, 0.25) is 0 Å². The van der Waals surface area contributed by atoms with Gasteiger partial charge in [-0.15, -0.1) is 0 Å². The third-order valence-electron chi connectivity index (χ3n) is 5.43. The van der Waals surface area contributed by atoms with Gasteiger partial charge in [0, 0.05) is 5.56 Å². The van der Waals surface area contributed by atoms with Crippen molar-refractivity contribution >= 4 is 45.4 Å². The van der Waals surface area contributed by atoms with Crippen LogP contribution in [0.3, 0.4) is 0 Å². The molecule has 0 aromatic heterocycles. The molecule has 1 fully saturated rings. The second-order valence-electron chi connectivity index (χ2n) is 7.93. The predicted molar refractivity (Wildman–Crippen MR) is 137 cm³/mol. The number of carbonyl (C=O) groups is 1. The minimum atomic E-state index is -0.332. The topological polar surface area (TPSA) is 50.7 Å². The molecule has 1 heterocycles. The number of carbonyl (C=O) groups excluding carboxylic acids is 1. The summed E-state index contributed by atoms with van der Waals surface area (Å²) in [6.45, 7) is 2.47. The normalized spacial score (nSPS) is 15.8. The second-order valence-corrected chi connectivity index (χ2v) is 8.96. The zero-order chi connectivity index (χ0) is 23.5. The van der Waals surface area contributed by atoms with Crippen LogP contribution in [0, 0.1) is 12.7 Å². The van der Waals surface area contributed by atoms with Crippen molar-refractivity contribution in [3.05, 3.63) is 112 Å². The Labute approximate surface area is 201 Å². The van der Waals surface area contributed by atoms with Gasteiger partial charge in [-0.1, -0.05) is 60.2 Å². The molecule has 0 saturated carbocycles. The number of aliphatic imine (C=N–C) groups is 1. The van der Waals surface area contributed by atoms with Crippen LogP contribution in [0.1, 0.15) is 16.7 Å². The summed E-state index contributed by atoms with van der Waals surface area (Å²) < 4.78 is 19.4. The van der Waals surface area contributed by atoms with E-state index >= 15 is 0 Å². The molecule has 34 heavy (non-hydrogen) atoms. The number of hydrogen-bond acceptors (Lipinski definition) is 4. The quantitative estimate of drug-likeness (QED) is 0.329. The lowest BCUT2D eigenvalue weighted by atomic mass is 10.0. The van der Waals surface area contributed by atoms with E-state index in [0.717, 1.165) is 21.9 Å². The number of halogens is 1. The highest BCUT2D eigenvalue weighted by Gasteiger charge is 2.25. The van der Waals surface area contributed by atoms with Gasteiger partial charge in [-0.3, -0.25) is 4.79 Å². The molecule has 5 rings (SSSR count). The molecule has 1 saturated heterocycles. The molecule has 1 aliphatic rings. The fourth-order valence-electron chi connectivity index (χ4n) is 3.64. The first-order chi connectivity index (χ1) is 16.5. The SMILES string of the molecule is Cc1ccc(COc2ccc3ccccc3c2/C=C2/SC(=Nc3ccc(F)cc3)NC2=O)cc1. The Bertz CT molecular complexity index is 1430. The summed E-state index contributed by atoms with van der Waals surface area (Å²) in [5.74, 6) is 0.133. The van der Waals surface area contributed by atoms with Gasteiger partial charge in [-0.25, -0.2) is 9.38 Å². The molecule has 1 aliphatic heterocycles. The molecule has 4 aromatic carbocycles. The Morgan fingerprint density at radius 1 is 0.971 bits per heavy atom. The van der Waals surface area contributed by atoms with Gasteiger partial charge in [-0.05, 0) is 71.4 Å². The van der Waals surface area contributed by atoms with E-state index in [1.54, 1.807) is 12.1 Å². The lowest BCUT2D eigenvalue weighted by molar-refractivity contribution is -0.115. The predicted octanol–water partition coefficient (Wildman–Crippen LogP) is 6.76. The molecule has 0 unspecified atom stereocenters. The highest BCUT2D eigenvalue weighted by Crippen LogP contribution is 2.35. The van der Waals surface area contributed by atoms with Gasteiger partial charge < -0.3 is 10.1 Å². The van der Waals surface area contributed by atoms with Crippen molar-refractivity contribution < 1.29 is 13.9 Å². The first-order valence-electron chi connectivity index (χ1n) is 10.8. The number of nitrogens with one attached hydrogen (secondary N) is 1. The first-order valence-corrected chi connectivity index (χ1v) is 11.6. The largest absolute Gasteiger partial charge is 0.488 e. The van der Waals surface area contributed by atoms with Gasteiger partial charge in [0.1, 0.15) is 18.2 Å².